The van der Waals surface area contributed by atoms with Crippen LogP contribution in [0.1, 0.15) is 61.6 Å². The predicted molar refractivity (Wildman–Crippen MR) is 89.1 cm³/mol. The lowest BCUT2D eigenvalue weighted by molar-refractivity contribution is -0.144. The van der Waals surface area contributed by atoms with Crippen molar-refractivity contribution in [3.63, 3.8) is 0 Å². The summed E-state index contributed by atoms with van der Waals surface area (Å²) in [5.41, 5.74) is 0.912. The van der Waals surface area contributed by atoms with Crippen LogP contribution in [-0.2, 0) is 9.53 Å². The first-order valence-electron chi connectivity index (χ1n) is 8.63. The highest BCUT2D eigenvalue weighted by Crippen LogP contribution is 2.25. The standard InChI is InChI=1S/C17H27N3O4/c1-4-5-10-24-13(3)16(21)19-8-6-14(7-9-19)20-12(2)15(11-18-20)17(22)23/h11,13-14H,4-10H2,1-3H3,(H,22,23). The van der Waals surface area contributed by atoms with Gasteiger partial charge in [-0.1, -0.05) is 13.3 Å². The third-order valence-electron chi connectivity index (χ3n) is 4.61. The van der Waals surface area contributed by atoms with Crippen molar-refractivity contribution in [3.8, 4) is 0 Å². The molecule has 2 heterocycles. The van der Waals surface area contributed by atoms with Crippen molar-refractivity contribution in [2.45, 2.75) is 58.6 Å². The lowest BCUT2D eigenvalue weighted by atomic mass is 10.0. The van der Waals surface area contributed by atoms with Gasteiger partial charge in [-0.25, -0.2) is 4.79 Å². The largest absolute Gasteiger partial charge is 0.478 e. The first-order chi connectivity index (χ1) is 11.5. The minimum Gasteiger partial charge on any atom is -0.478 e. The first-order valence-corrected chi connectivity index (χ1v) is 8.63. The Bertz CT molecular complexity index is 576. The normalized spacial score (nSPS) is 17.0. The van der Waals surface area contributed by atoms with E-state index in [0.717, 1.165) is 25.7 Å². The maximum Gasteiger partial charge on any atom is 0.339 e. The molecule has 1 amide bonds. The van der Waals surface area contributed by atoms with Crippen molar-refractivity contribution >= 4 is 11.9 Å². The van der Waals surface area contributed by atoms with E-state index in [4.69, 9.17) is 9.84 Å². The van der Waals surface area contributed by atoms with Gasteiger partial charge in [0.1, 0.15) is 11.7 Å². The zero-order valence-electron chi connectivity index (χ0n) is 14.7. The Morgan fingerprint density at radius 2 is 2.08 bits per heavy atom. The molecule has 1 aromatic heterocycles. The molecule has 0 radical (unpaired) electrons. The average molecular weight is 337 g/mol. The average Bonchev–Trinajstić information content (AvgIpc) is 2.96. The van der Waals surface area contributed by atoms with Crippen LogP contribution in [0.25, 0.3) is 0 Å². The summed E-state index contributed by atoms with van der Waals surface area (Å²) in [5, 5.41) is 13.3. The van der Waals surface area contributed by atoms with E-state index in [9.17, 15) is 9.59 Å². The van der Waals surface area contributed by atoms with Gasteiger partial charge in [0.2, 0.25) is 0 Å². The molecule has 134 valence electrons. The van der Waals surface area contributed by atoms with Crippen LogP contribution in [-0.4, -0.2) is 57.5 Å². The van der Waals surface area contributed by atoms with Gasteiger partial charge in [-0.05, 0) is 33.1 Å². The highest BCUT2D eigenvalue weighted by molar-refractivity contribution is 5.88. The van der Waals surface area contributed by atoms with E-state index in [-0.39, 0.29) is 17.5 Å². The van der Waals surface area contributed by atoms with Gasteiger partial charge in [-0.15, -0.1) is 0 Å². The van der Waals surface area contributed by atoms with Crippen molar-refractivity contribution in [2.75, 3.05) is 19.7 Å². The molecule has 0 spiro atoms. The molecule has 1 saturated heterocycles. The topological polar surface area (TPSA) is 84.7 Å². The van der Waals surface area contributed by atoms with Gasteiger partial charge < -0.3 is 14.7 Å². The Kier molecular flexibility index (Phi) is 6.36. The van der Waals surface area contributed by atoms with Crippen LogP contribution in [0.4, 0.5) is 0 Å². The summed E-state index contributed by atoms with van der Waals surface area (Å²) in [7, 11) is 0. The number of amides is 1. The molecule has 1 aliphatic heterocycles. The summed E-state index contributed by atoms with van der Waals surface area (Å²) >= 11 is 0. The number of hydrogen-bond acceptors (Lipinski definition) is 4. The number of aromatic nitrogens is 2. The molecule has 7 nitrogen and oxygen atoms in total. The van der Waals surface area contributed by atoms with Crippen molar-refractivity contribution in [1.29, 1.82) is 0 Å². The van der Waals surface area contributed by atoms with E-state index in [1.54, 1.807) is 18.5 Å². The lowest BCUT2D eigenvalue weighted by Gasteiger charge is -2.34. The molecule has 2 rings (SSSR count). The van der Waals surface area contributed by atoms with Crippen LogP contribution in [0.5, 0.6) is 0 Å². The fraction of sp³-hybridized carbons (Fsp3) is 0.706. The van der Waals surface area contributed by atoms with Crippen molar-refractivity contribution in [2.24, 2.45) is 0 Å². The van der Waals surface area contributed by atoms with E-state index in [2.05, 4.69) is 12.0 Å². The van der Waals surface area contributed by atoms with Crippen LogP contribution < -0.4 is 0 Å². The summed E-state index contributed by atoms with van der Waals surface area (Å²) in [6.07, 6.45) is 4.55. The van der Waals surface area contributed by atoms with Crippen LogP contribution in [0.15, 0.2) is 6.20 Å². The number of ether oxygens (including phenoxy) is 1. The minimum atomic E-state index is -0.954. The molecule has 24 heavy (non-hydrogen) atoms. The number of carbonyl (C=O) groups is 2. The number of nitrogens with zero attached hydrogens (tertiary/aromatic N) is 3. The Labute approximate surface area is 142 Å². The molecule has 0 aromatic carbocycles. The molecule has 1 atom stereocenters. The smallest absolute Gasteiger partial charge is 0.339 e. The van der Waals surface area contributed by atoms with E-state index >= 15 is 0 Å². The zero-order chi connectivity index (χ0) is 17.7. The summed E-state index contributed by atoms with van der Waals surface area (Å²) in [6.45, 7) is 7.58. The van der Waals surface area contributed by atoms with Crippen molar-refractivity contribution in [3.05, 3.63) is 17.5 Å². The number of unbranched alkanes of at least 4 members (excludes halogenated alkanes) is 1. The van der Waals surface area contributed by atoms with E-state index in [0.29, 0.717) is 25.4 Å². The molecule has 0 aliphatic carbocycles. The molecule has 0 saturated carbocycles. The fourth-order valence-electron chi connectivity index (χ4n) is 3.07. The van der Waals surface area contributed by atoms with Crippen LogP contribution in [0, 0.1) is 6.92 Å². The number of carboxylic acid groups (broad SMARTS) is 1. The van der Waals surface area contributed by atoms with Crippen molar-refractivity contribution in [1.82, 2.24) is 14.7 Å². The number of aromatic carboxylic acids is 1. The highest BCUT2D eigenvalue weighted by Gasteiger charge is 2.28. The predicted octanol–water partition coefficient (Wildman–Crippen LogP) is 2.26. The van der Waals surface area contributed by atoms with E-state index in [1.165, 1.54) is 6.20 Å². The first kappa shape index (κ1) is 18.4. The minimum absolute atomic E-state index is 0.0352. The summed E-state index contributed by atoms with van der Waals surface area (Å²) in [6, 6.07) is 0.137. The Morgan fingerprint density at radius 3 is 2.62 bits per heavy atom. The number of carbonyl (C=O) groups excluding carboxylic acids is 1. The van der Waals surface area contributed by atoms with Crippen LogP contribution in [0.3, 0.4) is 0 Å². The summed E-state index contributed by atoms with van der Waals surface area (Å²) in [5.74, 6) is -0.919. The highest BCUT2D eigenvalue weighted by atomic mass is 16.5. The number of rotatable bonds is 7. The third kappa shape index (κ3) is 4.14. The number of piperidine rings is 1. The second-order valence-corrected chi connectivity index (χ2v) is 6.32. The van der Waals surface area contributed by atoms with Crippen molar-refractivity contribution < 1.29 is 19.4 Å². The number of carboxylic acids is 1. The molecule has 1 aromatic rings. The second kappa shape index (κ2) is 8.28. The van der Waals surface area contributed by atoms with E-state index in [1.807, 2.05) is 4.90 Å². The van der Waals surface area contributed by atoms with Crippen LogP contribution >= 0.6 is 0 Å². The van der Waals surface area contributed by atoms with Gasteiger partial charge in [0.25, 0.3) is 5.91 Å². The molecule has 1 aliphatic rings. The van der Waals surface area contributed by atoms with Gasteiger partial charge in [-0.2, -0.15) is 5.10 Å². The molecule has 1 N–H and O–H groups in total. The number of hydrogen-bond donors (Lipinski definition) is 1. The Balaban J connectivity index is 1.89. The molecule has 1 fully saturated rings. The Hall–Kier alpha value is -1.89. The maximum atomic E-state index is 12.4. The second-order valence-electron chi connectivity index (χ2n) is 6.32. The monoisotopic (exact) mass is 337 g/mol. The van der Waals surface area contributed by atoms with Gasteiger partial charge in [0, 0.05) is 19.7 Å². The van der Waals surface area contributed by atoms with Gasteiger partial charge in [0.05, 0.1) is 17.9 Å². The molecular formula is C17H27N3O4. The summed E-state index contributed by atoms with van der Waals surface area (Å²) in [4.78, 5) is 25.4. The fourth-order valence-corrected chi connectivity index (χ4v) is 3.07. The number of likely N-dealkylation sites (tertiary alicyclic amines) is 1. The molecule has 1 unspecified atom stereocenters. The van der Waals surface area contributed by atoms with E-state index < -0.39 is 12.1 Å². The quantitative estimate of drug-likeness (QED) is 0.772. The molecule has 7 heteroatoms. The SMILES string of the molecule is CCCCOC(C)C(=O)N1CCC(n2ncc(C(=O)O)c2C)CC1. The maximum absolute atomic E-state index is 12.4. The lowest BCUT2D eigenvalue weighted by Crippen LogP contribution is -2.44. The zero-order valence-corrected chi connectivity index (χ0v) is 14.7. The van der Waals surface area contributed by atoms with Crippen LogP contribution in [0.2, 0.25) is 0 Å². The molecule has 0 bridgehead atoms. The van der Waals surface area contributed by atoms with Gasteiger partial charge in [0.15, 0.2) is 0 Å². The Morgan fingerprint density at radius 1 is 1.42 bits per heavy atom. The van der Waals surface area contributed by atoms with Gasteiger partial charge in [-0.3, -0.25) is 9.48 Å². The summed E-state index contributed by atoms with van der Waals surface area (Å²) < 4.78 is 7.37. The molecular weight excluding hydrogens is 310 g/mol. The third-order valence-corrected chi connectivity index (χ3v) is 4.61. The van der Waals surface area contributed by atoms with Gasteiger partial charge >= 0.3 is 5.97 Å².